The molecule has 5 nitrogen and oxygen atoms in total. The summed E-state index contributed by atoms with van der Waals surface area (Å²) in [7, 11) is 0. The van der Waals surface area contributed by atoms with Crippen LogP contribution in [0.4, 0.5) is 5.69 Å². The summed E-state index contributed by atoms with van der Waals surface area (Å²) in [6.07, 6.45) is 4.68. The summed E-state index contributed by atoms with van der Waals surface area (Å²) in [5.41, 5.74) is 7.32. The maximum absolute atomic E-state index is 11.7. The van der Waals surface area contributed by atoms with Crippen LogP contribution in [0.15, 0.2) is 41.1 Å². The van der Waals surface area contributed by atoms with Crippen molar-refractivity contribution in [2.45, 2.75) is 25.8 Å². The van der Waals surface area contributed by atoms with Gasteiger partial charge < -0.3 is 15.5 Å². The maximum atomic E-state index is 11.7. The normalized spacial score (nSPS) is 11.5. The minimum absolute atomic E-state index is 0. The Kier molecular flexibility index (Phi) is 6.21. The molecule has 0 saturated carbocycles. The number of hydrogen-bond acceptors (Lipinski definition) is 4. The lowest BCUT2D eigenvalue weighted by atomic mass is 10.1. The number of rotatable bonds is 5. The first-order valence-electron chi connectivity index (χ1n) is 6.27. The minimum atomic E-state index is -0.462. The van der Waals surface area contributed by atoms with Crippen molar-refractivity contribution in [3.63, 3.8) is 0 Å². The van der Waals surface area contributed by atoms with Gasteiger partial charge in [0.15, 0.2) is 0 Å². The van der Waals surface area contributed by atoms with E-state index in [1.165, 1.54) is 6.26 Å². The fourth-order valence-corrected chi connectivity index (χ4v) is 1.74. The predicted octanol–water partition coefficient (Wildman–Crippen LogP) is 2.83. The number of hydrogen-bond donors (Lipinski definition) is 2. The molecule has 0 aliphatic rings. The molecule has 2 aromatic rings. The largest absolute Gasteiger partial charge is 0.445 e. The quantitative estimate of drug-likeness (QED) is 0.888. The Morgan fingerprint density at radius 1 is 1.40 bits per heavy atom. The van der Waals surface area contributed by atoms with Gasteiger partial charge in [0.2, 0.25) is 11.8 Å². The number of nitrogens with two attached hydrogens (primary N) is 1. The number of oxazole rings is 1. The number of benzene rings is 1. The molecule has 1 atom stereocenters. The molecule has 0 bridgehead atoms. The van der Waals surface area contributed by atoms with Gasteiger partial charge in [0.25, 0.3) is 0 Å². The molecular weight excluding hydrogens is 278 g/mol. The molecule has 20 heavy (non-hydrogen) atoms. The minimum Gasteiger partial charge on any atom is -0.445 e. The van der Waals surface area contributed by atoms with E-state index in [1.807, 2.05) is 19.1 Å². The van der Waals surface area contributed by atoms with Crippen LogP contribution < -0.4 is 11.1 Å². The first-order chi connectivity index (χ1) is 9.20. The Morgan fingerprint density at radius 3 is 2.65 bits per heavy atom. The first-order valence-corrected chi connectivity index (χ1v) is 6.27. The molecule has 0 fully saturated rings. The molecule has 1 aromatic carbocycles. The second kappa shape index (κ2) is 7.67. The number of amides is 1. The van der Waals surface area contributed by atoms with E-state index in [2.05, 4.69) is 10.3 Å². The van der Waals surface area contributed by atoms with Crippen LogP contribution in [-0.2, 0) is 4.79 Å². The van der Waals surface area contributed by atoms with E-state index in [0.29, 0.717) is 18.0 Å². The summed E-state index contributed by atoms with van der Waals surface area (Å²) in [5.74, 6) is 0.395. The molecule has 2 rings (SSSR count). The van der Waals surface area contributed by atoms with Crippen molar-refractivity contribution in [1.29, 1.82) is 0 Å². The molecule has 0 spiro atoms. The highest BCUT2D eigenvalue weighted by molar-refractivity contribution is 5.94. The van der Waals surface area contributed by atoms with Gasteiger partial charge in [-0.05, 0) is 30.7 Å². The average molecular weight is 296 g/mol. The van der Waals surface area contributed by atoms with Crippen LogP contribution in [0.1, 0.15) is 19.8 Å². The Bertz CT molecular complexity index is 526. The van der Waals surface area contributed by atoms with Gasteiger partial charge >= 0.3 is 0 Å². The lowest BCUT2D eigenvalue weighted by Crippen LogP contribution is -2.35. The van der Waals surface area contributed by atoms with Crippen LogP contribution >= 0.6 is 12.4 Å². The number of carbonyl (C=O) groups excluding carboxylic acids is 1. The van der Waals surface area contributed by atoms with Crippen molar-refractivity contribution >= 4 is 24.0 Å². The van der Waals surface area contributed by atoms with E-state index in [0.717, 1.165) is 12.0 Å². The van der Waals surface area contributed by atoms with E-state index < -0.39 is 6.04 Å². The van der Waals surface area contributed by atoms with Crippen LogP contribution in [0, 0.1) is 0 Å². The van der Waals surface area contributed by atoms with Crippen LogP contribution in [0.2, 0.25) is 0 Å². The number of nitrogens with one attached hydrogen (secondary N) is 1. The van der Waals surface area contributed by atoms with Gasteiger partial charge in [-0.25, -0.2) is 4.98 Å². The van der Waals surface area contributed by atoms with Gasteiger partial charge in [-0.3, -0.25) is 4.79 Å². The molecule has 108 valence electrons. The second-order valence-electron chi connectivity index (χ2n) is 4.30. The topological polar surface area (TPSA) is 81.2 Å². The predicted molar refractivity (Wildman–Crippen MR) is 80.7 cm³/mol. The number of carbonyl (C=O) groups is 1. The monoisotopic (exact) mass is 295 g/mol. The zero-order valence-corrected chi connectivity index (χ0v) is 12.0. The Morgan fingerprint density at radius 2 is 2.10 bits per heavy atom. The van der Waals surface area contributed by atoms with Crippen LogP contribution in [-0.4, -0.2) is 16.9 Å². The molecule has 0 aliphatic heterocycles. The van der Waals surface area contributed by atoms with Crippen LogP contribution in [0.5, 0.6) is 0 Å². The molecule has 1 heterocycles. The van der Waals surface area contributed by atoms with Crippen molar-refractivity contribution in [3.8, 4) is 11.5 Å². The third-order valence-electron chi connectivity index (χ3n) is 2.77. The SMILES string of the molecule is CCCC(N)C(=O)Nc1ccc(-c2ncco2)cc1.Cl. The number of halogens is 1. The Hall–Kier alpha value is -1.85. The van der Waals surface area contributed by atoms with Crippen molar-refractivity contribution < 1.29 is 9.21 Å². The third kappa shape index (κ3) is 4.08. The fourth-order valence-electron chi connectivity index (χ4n) is 1.74. The molecule has 0 saturated heterocycles. The number of anilines is 1. The summed E-state index contributed by atoms with van der Waals surface area (Å²) in [4.78, 5) is 15.8. The first kappa shape index (κ1) is 16.2. The smallest absolute Gasteiger partial charge is 0.241 e. The molecule has 0 aliphatic carbocycles. The highest BCUT2D eigenvalue weighted by atomic mass is 35.5. The van der Waals surface area contributed by atoms with Gasteiger partial charge in [-0.1, -0.05) is 13.3 Å². The van der Waals surface area contributed by atoms with Gasteiger partial charge in [0.05, 0.1) is 12.2 Å². The Balaban J connectivity index is 0.00000200. The lowest BCUT2D eigenvalue weighted by Gasteiger charge is -2.11. The highest BCUT2D eigenvalue weighted by Crippen LogP contribution is 2.19. The summed E-state index contributed by atoms with van der Waals surface area (Å²) in [6.45, 7) is 2.00. The van der Waals surface area contributed by atoms with E-state index in [-0.39, 0.29) is 18.3 Å². The molecule has 1 amide bonds. The summed E-state index contributed by atoms with van der Waals surface area (Å²) >= 11 is 0. The van der Waals surface area contributed by atoms with E-state index >= 15 is 0 Å². The molecule has 1 unspecified atom stereocenters. The summed E-state index contributed by atoms with van der Waals surface area (Å²) in [6, 6.07) is 6.82. The Labute approximate surface area is 124 Å². The highest BCUT2D eigenvalue weighted by Gasteiger charge is 2.12. The fraction of sp³-hybridized carbons (Fsp3) is 0.286. The van der Waals surface area contributed by atoms with Crippen LogP contribution in [0.25, 0.3) is 11.5 Å². The molecule has 0 radical (unpaired) electrons. The average Bonchev–Trinajstić information content (AvgIpc) is 2.94. The van der Waals surface area contributed by atoms with Crippen molar-refractivity contribution in [1.82, 2.24) is 4.98 Å². The standard InChI is InChI=1S/C14H17N3O2.ClH/c1-2-3-12(15)13(18)17-11-6-4-10(5-7-11)14-16-8-9-19-14;/h4-9,12H,2-3,15H2,1H3,(H,17,18);1H. The third-order valence-corrected chi connectivity index (χ3v) is 2.77. The van der Waals surface area contributed by atoms with E-state index in [4.69, 9.17) is 10.2 Å². The summed E-state index contributed by atoms with van der Waals surface area (Å²) in [5, 5.41) is 2.78. The van der Waals surface area contributed by atoms with Crippen molar-refractivity contribution in [3.05, 3.63) is 36.7 Å². The second-order valence-corrected chi connectivity index (χ2v) is 4.30. The molecular formula is C14H18ClN3O2. The van der Waals surface area contributed by atoms with Gasteiger partial charge in [-0.15, -0.1) is 12.4 Å². The zero-order valence-electron chi connectivity index (χ0n) is 11.2. The zero-order chi connectivity index (χ0) is 13.7. The molecule has 6 heteroatoms. The van der Waals surface area contributed by atoms with Crippen molar-refractivity contribution in [2.24, 2.45) is 5.73 Å². The molecule has 3 N–H and O–H groups in total. The number of nitrogens with zero attached hydrogens (tertiary/aromatic N) is 1. The van der Waals surface area contributed by atoms with Crippen LogP contribution in [0.3, 0.4) is 0 Å². The van der Waals surface area contributed by atoms with Crippen molar-refractivity contribution in [2.75, 3.05) is 5.32 Å². The van der Waals surface area contributed by atoms with E-state index in [1.54, 1.807) is 18.3 Å². The van der Waals surface area contributed by atoms with Gasteiger partial charge in [0.1, 0.15) is 6.26 Å². The number of aromatic nitrogens is 1. The lowest BCUT2D eigenvalue weighted by molar-refractivity contribution is -0.117. The maximum Gasteiger partial charge on any atom is 0.241 e. The van der Waals surface area contributed by atoms with E-state index in [9.17, 15) is 4.79 Å². The molecule has 1 aromatic heterocycles. The summed E-state index contributed by atoms with van der Waals surface area (Å²) < 4.78 is 5.19. The van der Waals surface area contributed by atoms with Gasteiger partial charge in [0, 0.05) is 11.3 Å². The van der Waals surface area contributed by atoms with Gasteiger partial charge in [-0.2, -0.15) is 0 Å².